The molecule has 0 atom stereocenters. The molecule has 0 bridgehead atoms. The highest BCUT2D eigenvalue weighted by Crippen LogP contribution is 2.26. The zero-order valence-electron chi connectivity index (χ0n) is 8.09. The molecule has 1 amide bonds. The molecule has 3 heteroatoms. The molecule has 0 aromatic heterocycles. The molecule has 0 saturated carbocycles. The third kappa shape index (κ3) is 1.82. The largest absolute Gasteiger partial charge is 0.312 e. The monoisotopic (exact) mass is 253 g/mol. The van der Waals surface area contributed by atoms with Gasteiger partial charge in [0.1, 0.15) is 0 Å². The molecule has 0 N–H and O–H groups in total. The Kier molecular flexibility index (Phi) is 2.59. The summed E-state index contributed by atoms with van der Waals surface area (Å²) in [7, 11) is 0. The molecule has 1 fully saturated rings. The average Bonchev–Trinajstić information content (AvgIpc) is 2.49. The van der Waals surface area contributed by atoms with Crippen molar-refractivity contribution in [2.75, 3.05) is 11.4 Å². The minimum absolute atomic E-state index is 0.238. The maximum atomic E-state index is 11.5. The van der Waals surface area contributed by atoms with Crippen molar-refractivity contribution in [3.8, 4) is 0 Å². The van der Waals surface area contributed by atoms with Crippen LogP contribution in [0, 0.1) is 6.92 Å². The lowest BCUT2D eigenvalue weighted by molar-refractivity contribution is -0.117. The molecule has 0 spiro atoms. The van der Waals surface area contributed by atoms with Crippen LogP contribution in [0.3, 0.4) is 0 Å². The molecule has 1 aromatic carbocycles. The van der Waals surface area contributed by atoms with E-state index in [1.165, 1.54) is 5.56 Å². The van der Waals surface area contributed by atoms with Gasteiger partial charge in [0.05, 0.1) is 0 Å². The first kappa shape index (κ1) is 9.71. The van der Waals surface area contributed by atoms with Crippen molar-refractivity contribution < 1.29 is 4.79 Å². The van der Waals surface area contributed by atoms with E-state index in [0.717, 1.165) is 23.1 Å². The molecule has 1 aliphatic heterocycles. The number of hydrogen-bond donors (Lipinski definition) is 0. The molecule has 14 heavy (non-hydrogen) atoms. The van der Waals surface area contributed by atoms with E-state index < -0.39 is 0 Å². The topological polar surface area (TPSA) is 20.3 Å². The van der Waals surface area contributed by atoms with E-state index in [1.807, 2.05) is 30.0 Å². The fourth-order valence-electron chi connectivity index (χ4n) is 1.79. The molecule has 1 aromatic rings. The van der Waals surface area contributed by atoms with E-state index in [0.29, 0.717) is 6.42 Å². The predicted octanol–water partition coefficient (Wildman–Crippen LogP) is 2.88. The number of aryl methyl sites for hydroxylation is 1. The van der Waals surface area contributed by atoms with Gasteiger partial charge in [0.25, 0.3) is 0 Å². The SMILES string of the molecule is Cc1cc(Br)cc(N2CCCC2=O)c1. The predicted molar refractivity (Wildman–Crippen MR) is 60.5 cm³/mol. The van der Waals surface area contributed by atoms with Crippen molar-refractivity contribution in [1.29, 1.82) is 0 Å². The number of rotatable bonds is 1. The Morgan fingerprint density at radius 1 is 1.36 bits per heavy atom. The molecular weight excluding hydrogens is 242 g/mol. The second-order valence-corrected chi connectivity index (χ2v) is 4.55. The number of carbonyl (C=O) groups is 1. The Labute approximate surface area is 92.0 Å². The van der Waals surface area contributed by atoms with Crippen LogP contribution in [0.2, 0.25) is 0 Å². The third-order valence-corrected chi connectivity index (χ3v) is 2.87. The van der Waals surface area contributed by atoms with E-state index in [2.05, 4.69) is 15.9 Å². The molecule has 0 radical (unpaired) electrons. The summed E-state index contributed by atoms with van der Waals surface area (Å²) in [6, 6.07) is 6.09. The highest BCUT2D eigenvalue weighted by Gasteiger charge is 2.21. The van der Waals surface area contributed by atoms with Gasteiger partial charge in [-0.25, -0.2) is 0 Å². The van der Waals surface area contributed by atoms with E-state index in [-0.39, 0.29) is 5.91 Å². The van der Waals surface area contributed by atoms with E-state index in [9.17, 15) is 4.79 Å². The van der Waals surface area contributed by atoms with Crippen molar-refractivity contribution in [1.82, 2.24) is 0 Å². The lowest BCUT2D eigenvalue weighted by atomic mass is 10.2. The summed E-state index contributed by atoms with van der Waals surface area (Å²) < 4.78 is 1.03. The van der Waals surface area contributed by atoms with Gasteiger partial charge in [-0.3, -0.25) is 4.79 Å². The first-order chi connectivity index (χ1) is 6.66. The van der Waals surface area contributed by atoms with Gasteiger partial charge in [-0.2, -0.15) is 0 Å². The molecule has 2 rings (SSSR count). The highest BCUT2D eigenvalue weighted by atomic mass is 79.9. The molecule has 0 aliphatic carbocycles. The molecule has 0 unspecified atom stereocenters. The van der Waals surface area contributed by atoms with Crippen molar-refractivity contribution >= 4 is 27.5 Å². The van der Waals surface area contributed by atoms with Crippen LogP contribution in [0.5, 0.6) is 0 Å². The minimum atomic E-state index is 0.238. The van der Waals surface area contributed by atoms with Gasteiger partial charge in [0.2, 0.25) is 5.91 Å². The van der Waals surface area contributed by atoms with Gasteiger partial charge in [-0.05, 0) is 37.1 Å². The standard InChI is InChI=1S/C11H12BrNO/c1-8-5-9(12)7-10(6-8)13-4-2-3-11(13)14/h5-7H,2-4H2,1H3. The first-order valence-corrected chi connectivity index (χ1v) is 5.54. The van der Waals surface area contributed by atoms with Crippen molar-refractivity contribution in [3.63, 3.8) is 0 Å². The quantitative estimate of drug-likeness (QED) is 0.754. The summed E-state index contributed by atoms with van der Waals surface area (Å²) in [4.78, 5) is 13.4. The fraction of sp³-hybridized carbons (Fsp3) is 0.364. The summed E-state index contributed by atoms with van der Waals surface area (Å²) >= 11 is 3.44. The molecule has 74 valence electrons. The second-order valence-electron chi connectivity index (χ2n) is 3.64. The van der Waals surface area contributed by atoms with Gasteiger partial charge >= 0.3 is 0 Å². The number of hydrogen-bond acceptors (Lipinski definition) is 1. The van der Waals surface area contributed by atoms with Crippen molar-refractivity contribution in [2.24, 2.45) is 0 Å². The molecule has 1 heterocycles. The van der Waals surface area contributed by atoms with Gasteiger partial charge in [-0.15, -0.1) is 0 Å². The first-order valence-electron chi connectivity index (χ1n) is 4.74. The lowest BCUT2D eigenvalue weighted by Gasteiger charge is -2.16. The number of benzene rings is 1. The van der Waals surface area contributed by atoms with Crippen molar-refractivity contribution in [2.45, 2.75) is 19.8 Å². The molecule has 1 aliphatic rings. The summed E-state index contributed by atoms with van der Waals surface area (Å²) in [5.74, 6) is 0.238. The Hall–Kier alpha value is -0.830. The second kappa shape index (κ2) is 3.73. The van der Waals surface area contributed by atoms with Gasteiger partial charge in [0.15, 0.2) is 0 Å². The van der Waals surface area contributed by atoms with Gasteiger partial charge < -0.3 is 4.90 Å². The third-order valence-electron chi connectivity index (χ3n) is 2.41. The van der Waals surface area contributed by atoms with Crippen LogP contribution in [0.4, 0.5) is 5.69 Å². The van der Waals surface area contributed by atoms with E-state index >= 15 is 0 Å². The molecule has 2 nitrogen and oxygen atoms in total. The Morgan fingerprint density at radius 2 is 2.14 bits per heavy atom. The van der Waals surface area contributed by atoms with E-state index in [1.54, 1.807) is 0 Å². The number of amides is 1. The lowest BCUT2D eigenvalue weighted by Crippen LogP contribution is -2.23. The number of anilines is 1. The molecular formula is C11H12BrNO. The van der Waals surface area contributed by atoms with Crippen LogP contribution in [0.25, 0.3) is 0 Å². The zero-order valence-corrected chi connectivity index (χ0v) is 9.67. The van der Waals surface area contributed by atoms with Crippen LogP contribution in [0.15, 0.2) is 22.7 Å². The van der Waals surface area contributed by atoms with Crippen LogP contribution in [0.1, 0.15) is 18.4 Å². The smallest absolute Gasteiger partial charge is 0.227 e. The van der Waals surface area contributed by atoms with Gasteiger partial charge in [0, 0.05) is 23.1 Å². The van der Waals surface area contributed by atoms with Crippen LogP contribution in [-0.2, 0) is 4.79 Å². The minimum Gasteiger partial charge on any atom is -0.312 e. The fourth-order valence-corrected chi connectivity index (χ4v) is 2.39. The summed E-state index contributed by atoms with van der Waals surface area (Å²) in [6.07, 6.45) is 1.66. The average molecular weight is 254 g/mol. The molecule has 1 saturated heterocycles. The number of carbonyl (C=O) groups excluding carboxylic acids is 1. The Bertz CT molecular complexity index is 355. The number of halogens is 1. The maximum absolute atomic E-state index is 11.5. The van der Waals surface area contributed by atoms with E-state index in [4.69, 9.17) is 0 Å². The van der Waals surface area contributed by atoms with Crippen LogP contribution < -0.4 is 4.90 Å². The van der Waals surface area contributed by atoms with Crippen LogP contribution >= 0.6 is 15.9 Å². The van der Waals surface area contributed by atoms with Crippen molar-refractivity contribution in [3.05, 3.63) is 28.2 Å². The van der Waals surface area contributed by atoms with Crippen LogP contribution in [-0.4, -0.2) is 12.5 Å². The Morgan fingerprint density at radius 3 is 2.71 bits per heavy atom. The summed E-state index contributed by atoms with van der Waals surface area (Å²) in [5.41, 5.74) is 2.19. The summed E-state index contributed by atoms with van der Waals surface area (Å²) in [5, 5.41) is 0. The Balaban J connectivity index is 2.35. The van der Waals surface area contributed by atoms with Gasteiger partial charge in [-0.1, -0.05) is 15.9 Å². The number of nitrogens with zero attached hydrogens (tertiary/aromatic N) is 1. The highest BCUT2D eigenvalue weighted by molar-refractivity contribution is 9.10. The zero-order chi connectivity index (χ0) is 10.1. The normalized spacial score (nSPS) is 16.4. The summed E-state index contributed by atoms with van der Waals surface area (Å²) in [6.45, 7) is 2.89. The maximum Gasteiger partial charge on any atom is 0.227 e.